The molecule has 0 atom stereocenters. The van der Waals surface area contributed by atoms with Crippen LogP contribution in [-0.2, 0) is 6.42 Å². The molecule has 1 heterocycles. The van der Waals surface area contributed by atoms with Gasteiger partial charge in [-0.2, -0.15) is 0 Å². The van der Waals surface area contributed by atoms with Gasteiger partial charge in [0.25, 0.3) is 0 Å². The number of rotatable bonds is 5. The standard InChI is InChI=1S/C19H26N4S.HI/c20-19(23-16-10-6-1-2-7-11-16)21-13-12-17-14-24-18(22-17)15-8-4-3-5-9-15;/h3-5,8-9,14,16H,1-2,6-7,10-13H2,(H3,20,21,23);1H. The normalized spacial score (nSPS) is 16.1. The number of nitrogens with one attached hydrogen (secondary N) is 1. The zero-order valence-corrected chi connectivity index (χ0v) is 17.6. The van der Waals surface area contributed by atoms with Crippen LogP contribution in [-0.4, -0.2) is 23.5 Å². The second-order valence-corrected chi connectivity index (χ2v) is 7.22. The van der Waals surface area contributed by atoms with Gasteiger partial charge in [-0.3, -0.25) is 4.99 Å². The Morgan fingerprint density at radius 2 is 1.88 bits per heavy atom. The van der Waals surface area contributed by atoms with Gasteiger partial charge in [-0.25, -0.2) is 4.98 Å². The monoisotopic (exact) mass is 470 g/mol. The summed E-state index contributed by atoms with van der Waals surface area (Å²) in [6.07, 6.45) is 8.55. The molecule has 0 amide bonds. The fraction of sp³-hybridized carbons (Fsp3) is 0.474. The van der Waals surface area contributed by atoms with Crippen LogP contribution in [0.15, 0.2) is 40.7 Å². The fourth-order valence-corrected chi connectivity index (χ4v) is 3.96. The van der Waals surface area contributed by atoms with Gasteiger partial charge in [0.1, 0.15) is 5.01 Å². The van der Waals surface area contributed by atoms with Crippen LogP contribution in [0.1, 0.15) is 44.2 Å². The zero-order chi connectivity index (χ0) is 16.6. The molecule has 6 heteroatoms. The Hall–Kier alpha value is -1.15. The molecule has 0 bridgehead atoms. The van der Waals surface area contributed by atoms with Gasteiger partial charge in [-0.1, -0.05) is 56.0 Å². The molecule has 25 heavy (non-hydrogen) atoms. The quantitative estimate of drug-likeness (QED) is 0.291. The number of halogens is 1. The van der Waals surface area contributed by atoms with Crippen LogP contribution >= 0.6 is 35.3 Å². The Bertz CT molecular complexity index is 648. The lowest BCUT2D eigenvalue weighted by Gasteiger charge is -2.16. The molecule has 0 aliphatic heterocycles. The summed E-state index contributed by atoms with van der Waals surface area (Å²) < 4.78 is 0. The third-order valence-corrected chi connectivity index (χ3v) is 5.37. The summed E-state index contributed by atoms with van der Waals surface area (Å²) in [6, 6.07) is 10.8. The first-order valence-electron chi connectivity index (χ1n) is 8.87. The predicted molar refractivity (Wildman–Crippen MR) is 118 cm³/mol. The maximum absolute atomic E-state index is 6.04. The van der Waals surface area contributed by atoms with Crippen LogP contribution in [0.4, 0.5) is 0 Å². The van der Waals surface area contributed by atoms with Gasteiger partial charge in [0.15, 0.2) is 5.96 Å². The number of nitrogens with zero attached hydrogens (tertiary/aromatic N) is 2. The summed E-state index contributed by atoms with van der Waals surface area (Å²) >= 11 is 1.69. The number of thiazole rings is 1. The Kier molecular flexibility index (Phi) is 8.67. The third-order valence-electron chi connectivity index (χ3n) is 4.43. The van der Waals surface area contributed by atoms with E-state index in [0.717, 1.165) is 17.1 Å². The minimum atomic E-state index is 0. The van der Waals surface area contributed by atoms with Crippen molar-refractivity contribution in [1.29, 1.82) is 0 Å². The first-order valence-corrected chi connectivity index (χ1v) is 9.75. The van der Waals surface area contributed by atoms with Gasteiger partial charge in [-0.05, 0) is 12.8 Å². The lowest BCUT2D eigenvalue weighted by atomic mass is 10.1. The number of nitrogens with two attached hydrogens (primary N) is 1. The molecule has 1 aliphatic rings. The highest BCUT2D eigenvalue weighted by molar-refractivity contribution is 14.0. The Labute approximate surface area is 171 Å². The van der Waals surface area contributed by atoms with E-state index in [1.165, 1.54) is 44.1 Å². The van der Waals surface area contributed by atoms with E-state index in [2.05, 4.69) is 27.8 Å². The molecule has 1 aromatic heterocycles. The van der Waals surface area contributed by atoms with Gasteiger partial charge in [0.2, 0.25) is 0 Å². The zero-order valence-electron chi connectivity index (χ0n) is 14.5. The first kappa shape index (κ1) is 20.2. The van der Waals surface area contributed by atoms with Crippen molar-refractivity contribution in [3.8, 4) is 10.6 Å². The van der Waals surface area contributed by atoms with E-state index in [9.17, 15) is 0 Å². The maximum atomic E-state index is 6.04. The molecule has 0 spiro atoms. The molecular weight excluding hydrogens is 443 g/mol. The summed E-state index contributed by atoms with van der Waals surface area (Å²) in [6.45, 7) is 0.684. The van der Waals surface area contributed by atoms with Crippen LogP contribution in [0.2, 0.25) is 0 Å². The molecule has 0 unspecified atom stereocenters. The van der Waals surface area contributed by atoms with Crippen LogP contribution < -0.4 is 11.1 Å². The largest absolute Gasteiger partial charge is 0.370 e. The van der Waals surface area contributed by atoms with E-state index in [4.69, 9.17) is 10.7 Å². The van der Waals surface area contributed by atoms with Crippen molar-refractivity contribution in [3.63, 3.8) is 0 Å². The molecule has 1 saturated carbocycles. The number of hydrogen-bond donors (Lipinski definition) is 2. The summed E-state index contributed by atoms with van der Waals surface area (Å²) in [4.78, 5) is 9.17. The van der Waals surface area contributed by atoms with Crippen LogP contribution in [0.3, 0.4) is 0 Å². The van der Waals surface area contributed by atoms with E-state index in [1.54, 1.807) is 11.3 Å². The lowest BCUT2D eigenvalue weighted by molar-refractivity contribution is 0.530. The molecule has 1 aromatic carbocycles. The van der Waals surface area contributed by atoms with Gasteiger partial charge in [-0.15, -0.1) is 35.3 Å². The van der Waals surface area contributed by atoms with Crippen LogP contribution in [0, 0.1) is 0 Å². The summed E-state index contributed by atoms with van der Waals surface area (Å²) in [5.74, 6) is 0.584. The van der Waals surface area contributed by atoms with E-state index in [1.807, 2.05) is 18.2 Å². The third kappa shape index (κ3) is 6.58. The van der Waals surface area contributed by atoms with Gasteiger partial charge < -0.3 is 11.1 Å². The maximum Gasteiger partial charge on any atom is 0.188 e. The van der Waals surface area contributed by atoms with Gasteiger partial charge in [0.05, 0.1) is 5.69 Å². The first-order chi connectivity index (χ1) is 11.8. The highest BCUT2D eigenvalue weighted by atomic mass is 127. The molecule has 1 aliphatic carbocycles. The second-order valence-electron chi connectivity index (χ2n) is 6.36. The van der Waals surface area contributed by atoms with Crippen molar-refractivity contribution < 1.29 is 0 Å². The van der Waals surface area contributed by atoms with Crippen molar-refractivity contribution in [2.75, 3.05) is 6.54 Å². The van der Waals surface area contributed by atoms with E-state index in [-0.39, 0.29) is 24.0 Å². The molecule has 4 nitrogen and oxygen atoms in total. The summed E-state index contributed by atoms with van der Waals surface area (Å²) in [7, 11) is 0. The lowest BCUT2D eigenvalue weighted by Crippen LogP contribution is -2.40. The molecule has 1 fully saturated rings. The molecule has 3 N–H and O–H groups in total. The second kappa shape index (κ2) is 10.8. The average Bonchev–Trinajstić information content (AvgIpc) is 2.93. The van der Waals surface area contributed by atoms with Gasteiger partial charge >= 0.3 is 0 Å². The van der Waals surface area contributed by atoms with E-state index >= 15 is 0 Å². The SMILES string of the molecule is I.NC(=NCCc1csc(-c2ccccc2)n1)NC1CCCCCC1. The van der Waals surface area contributed by atoms with Crippen molar-refractivity contribution in [1.82, 2.24) is 10.3 Å². The number of hydrogen-bond acceptors (Lipinski definition) is 3. The fourth-order valence-electron chi connectivity index (χ4n) is 3.10. The molecule has 0 saturated heterocycles. The number of guanidine groups is 1. The van der Waals surface area contributed by atoms with Crippen LogP contribution in [0.25, 0.3) is 10.6 Å². The Morgan fingerprint density at radius 1 is 1.16 bits per heavy atom. The molecule has 3 rings (SSSR count). The Balaban J connectivity index is 0.00000225. The average molecular weight is 470 g/mol. The van der Waals surface area contributed by atoms with Crippen molar-refractivity contribution in [2.45, 2.75) is 51.0 Å². The van der Waals surface area contributed by atoms with Gasteiger partial charge in [0, 0.05) is 30.0 Å². The van der Waals surface area contributed by atoms with Crippen molar-refractivity contribution >= 4 is 41.3 Å². The molecule has 0 radical (unpaired) electrons. The van der Waals surface area contributed by atoms with Crippen molar-refractivity contribution in [3.05, 3.63) is 41.4 Å². The smallest absolute Gasteiger partial charge is 0.188 e. The number of benzene rings is 1. The van der Waals surface area contributed by atoms with Crippen LogP contribution in [0.5, 0.6) is 0 Å². The highest BCUT2D eigenvalue weighted by Gasteiger charge is 2.12. The predicted octanol–water partition coefficient (Wildman–Crippen LogP) is 4.60. The number of aliphatic imine (C=N–C) groups is 1. The minimum absolute atomic E-state index is 0. The Morgan fingerprint density at radius 3 is 2.60 bits per heavy atom. The summed E-state index contributed by atoms with van der Waals surface area (Å²) in [5, 5.41) is 6.57. The number of aromatic nitrogens is 1. The summed E-state index contributed by atoms with van der Waals surface area (Å²) in [5.41, 5.74) is 8.30. The molecule has 2 aromatic rings. The highest BCUT2D eigenvalue weighted by Crippen LogP contribution is 2.23. The van der Waals surface area contributed by atoms with Crippen molar-refractivity contribution in [2.24, 2.45) is 10.7 Å². The molecular formula is C19H27IN4S. The van der Waals surface area contributed by atoms with E-state index in [0.29, 0.717) is 18.5 Å². The van der Waals surface area contributed by atoms with E-state index < -0.39 is 0 Å². The topological polar surface area (TPSA) is 63.3 Å². The molecule has 136 valence electrons. The minimum Gasteiger partial charge on any atom is -0.370 e.